The van der Waals surface area contributed by atoms with Crippen molar-refractivity contribution in [3.05, 3.63) is 29.8 Å². The molecule has 2 heterocycles. The van der Waals surface area contributed by atoms with Crippen LogP contribution >= 0.6 is 24.0 Å². The van der Waals surface area contributed by atoms with Gasteiger partial charge in [-0.25, -0.2) is 0 Å². The van der Waals surface area contributed by atoms with Crippen molar-refractivity contribution in [3.63, 3.8) is 0 Å². The third kappa shape index (κ3) is 6.32. The van der Waals surface area contributed by atoms with E-state index in [9.17, 15) is 9.59 Å². The number of fused-ring (bicyclic) bond motifs is 1. The van der Waals surface area contributed by atoms with Crippen molar-refractivity contribution in [3.8, 4) is 0 Å². The monoisotopic (exact) mass is 513 g/mol. The summed E-state index contributed by atoms with van der Waals surface area (Å²) in [5.41, 5.74) is 2.02. The largest absolute Gasteiger partial charge is 0.356 e. The Labute approximate surface area is 190 Å². The van der Waals surface area contributed by atoms with E-state index in [0.717, 1.165) is 30.6 Å². The lowest BCUT2D eigenvalue weighted by Crippen LogP contribution is -2.45. The minimum atomic E-state index is 0. The lowest BCUT2D eigenvalue weighted by Gasteiger charge is -2.33. The summed E-state index contributed by atoms with van der Waals surface area (Å²) in [6.45, 7) is 4.16. The first-order valence-electron chi connectivity index (χ1n) is 10.2. The maximum Gasteiger partial charge on any atom is 0.225 e. The number of anilines is 1. The van der Waals surface area contributed by atoms with Crippen molar-refractivity contribution in [2.24, 2.45) is 4.99 Å². The number of benzene rings is 1. The quantitative estimate of drug-likeness (QED) is 0.321. The second kappa shape index (κ2) is 11.4. The summed E-state index contributed by atoms with van der Waals surface area (Å²) in [5, 5.41) is 9.43. The molecule has 0 bridgehead atoms. The Balaban J connectivity index is 0.00000300. The zero-order chi connectivity index (χ0) is 19.9. The fourth-order valence-corrected chi connectivity index (χ4v) is 4.02. The molecule has 1 aromatic rings. The lowest BCUT2D eigenvalue weighted by atomic mass is 9.90. The van der Waals surface area contributed by atoms with Crippen molar-refractivity contribution >= 4 is 47.4 Å². The van der Waals surface area contributed by atoms with Crippen LogP contribution in [0.5, 0.6) is 0 Å². The van der Waals surface area contributed by atoms with Gasteiger partial charge in [-0.3, -0.25) is 14.6 Å². The van der Waals surface area contributed by atoms with Crippen LogP contribution in [0.15, 0.2) is 29.3 Å². The molecule has 3 N–H and O–H groups in total. The van der Waals surface area contributed by atoms with Crippen LogP contribution in [0.2, 0.25) is 0 Å². The number of guanidine groups is 1. The summed E-state index contributed by atoms with van der Waals surface area (Å²) >= 11 is 0. The SMILES string of the molecule is CN=C(NCCC(=O)N1CCCCC1C)NCC1CC(=O)Nc2ccccc21.I. The van der Waals surface area contributed by atoms with Gasteiger partial charge < -0.3 is 20.9 Å². The first-order valence-corrected chi connectivity index (χ1v) is 10.2. The van der Waals surface area contributed by atoms with Gasteiger partial charge in [-0.2, -0.15) is 0 Å². The Kier molecular flexibility index (Phi) is 9.19. The smallest absolute Gasteiger partial charge is 0.225 e. The van der Waals surface area contributed by atoms with Crippen LogP contribution in [0, 0.1) is 0 Å². The molecule has 2 aliphatic rings. The molecule has 0 spiro atoms. The van der Waals surface area contributed by atoms with E-state index in [0.29, 0.717) is 37.9 Å². The Morgan fingerprint density at radius 1 is 1.28 bits per heavy atom. The molecule has 0 aromatic heterocycles. The van der Waals surface area contributed by atoms with Gasteiger partial charge in [0, 0.05) is 57.2 Å². The highest BCUT2D eigenvalue weighted by atomic mass is 127. The molecule has 1 saturated heterocycles. The van der Waals surface area contributed by atoms with Gasteiger partial charge >= 0.3 is 0 Å². The molecule has 3 rings (SSSR count). The van der Waals surface area contributed by atoms with Gasteiger partial charge in [-0.15, -0.1) is 24.0 Å². The van der Waals surface area contributed by atoms with Crippen molar-refractivity contribution in [2.75, 3.05) is 32.0 Å². The molecular formula is C21H32IN5O2. The van der Waals surface area contributed by atoms with Gasteiger partial charge in [-0.05, 0) is 37.8 Å². The minimum absolute atomic E-state index is 0. The summed E-state index contributed by atoms with van der Waals surface area (Å²) in [6, 6.07) is 8.24. The summed E-state index contributed by atoms with van der Waals surface area (Å²) in [7, 11) is 1.71. The van der Waals surface area contributed by atoms with E-state index in [1.165, 1.54) is 6.42 Å². The van der Waals surface area contributed by atoms with Crippen molar-refractivity contribution in [1.82, 2.24) is 15.5 Å². The van der Waals surface area contributed by atoms with Crippen LogP contribution in [-0.2, 0) is 9.59 Å². The van der Waals surface area contributed by atoms with Crippen molar-refractivity contribution in [1.29, 1.82) is 0 Å². The van der Waals surface area contributed by atoms with E-state index in [1.54, 1.807) is 7.05 Å². The second-order valence-electron chi connectivity index (χ2n) is 7.60. The molecule has 0 aliphatic carbocycles. The van der Waals surface area contributed by atoms with E-state index in [2.05, 4.69) is 33.9 Å². The first kappa shape index (κ1) is 23.4. The third-order valence-electron chi connectivity index (χ3n) is 5.60. The van der Waals surface area contributed by atoms with E-state index < -0.39 is 0 Å². The first-order chi connectivity index (χ1) is 13.6. The lowest BCUT2D eigenvalue weighted by molar-refractivity contribution is -0.134. The summed E-state index contributed by atoms with van der Waals surface area (Å²) in [6.07, 6.45) is 4.32. The number of piperidine rings is 1. The van der Waals surface area contributed by atoms with Crippen molar-refractivity contribution < 1.29 is 9.59 Å². The Hall–Kier alpha value is -1.84. The highest BCUT2D eigenvalue weighted by Gasteiger charge is 2.25. The number of nitrogens with zero attached hydrogens (tertiary/aromatic N) is 2. The number of para-hydroxylation sites is 1. The number of carbonyl (C=O) groups is 2. The topological polar surface area (TPSA) is 85.8 Å². The van der Waals surface area contributed by atoms with Crippen LogP contribution in [0.25, 0.3) is 0 Å². The fraction of sp³-hybridized carbons (Fsp3) is 0.571. The number of amides is 2. The summed E-state index contributed by atoms with van der Waals surface area (Å²) in [5.74, 6) is 0.991. The predicted molar refractivity (Wildman–Crippen MR) is 127 cm³/mol. The average molecular weight is 513 g/mol. The number of rotatable bonds is 5. The standard InChI is InChI=1S/C21H31N5O2.HI/c1-15-7-5-6-12-26(15)20(28)10-11-23-21(22-2)24-14-16-13-19(27)25-18-9-4-3-8-17(16)18;/h3-4,8-9,15-16H,5-7,10-14H2,1-2H3,(H,25,27)(H2,22,23,24);1H. The zero-order valence-corrected chi connectivity index (χ0v) is 19.6. The third-order valence-corrected chi connectivity index (χ3v) is 5.60. The number of hydrogen-bond acceptors (Lipinski definition) is 3. The molecule has 7 nitrogen and oxygen atoms in total. The summed E-state index contributed by atoms with van der Waals surface area (Å²) < 4.78 is 0. The van der Waals surface area contributed by atoms with Crippen molar-refractivity contribution in [2.45, 2.75) is 51.0 Å². The molecule has 160 valence electrons. The molecule has 2 amide bonds. The van der Waals surface area contributed by atoms with Gasteiger partial charge in [0.15, 0.2) is 5.96 Å². The number of hydrogen-bond donors (Lipinski definition) is 3. The van der Waals surface area contributed by atoms with Gasteiger partial charge in [0.25, 0.3) is 0 Å². The van der Waals surface area contributed by atoms with Crippen LogP contribution in [0.4, 0.5) is 5.69 Å². The fourth-order valence-electron chi connectivity index (χ4n) is 4.02. The molecule has 0 radical (unpaired) electrons. The Bertz CT molecular complexity index is 740. The van der Waals surface area contributed by atoms with Crippen LogP contribution < -0.4 is 16.0 Å². The molecule has 1 aromatic carbocycles. The molecule has 2 atom stereocenters. The molecule has 8 heteroatoms. The minimum Gasteiger partial charge on any atom is -0.356 e. The van der Waals surface area contributed by atoms with Gasteiger partial charge in [0.1, 0.15) is 0 Å². The van der Waals surface area contributed by atoms with Crippen LogP contribution in [0.1, 0.15) is 50.5 Å². The van der Waals surface area contributed by atoms with E-state index in [-0.39, 0.29) is 41.7 Å². The maximum absolute atomic E-state index is 12.4. The second-order valence-corrected chi connectivity index (χ2v) is 7.60. The molecule has 29 heavy (non-hydrogen) atoms. The average Bonchev–Trinajstić information content (AvgIpc) is 2.70. The number of aliphatic imine (C=N–C) groups is 1. The number of nitrogens with one attached hydrogen (secondary N) is 3. The predicted octanol–water partition coefficient (Wildman–Crippen LogP) is 2.69. The molecular weight excluding hydrogens is 481 g/mol. The molecule has 2 aliphatic heterocycles. The van der Waals surface area contributed by atoms with E-state index >= 15 is 0 Å². The number of carbonyl (C=O) groups excluding carboxylic acids is 2. The summed E-state index contributed by atoms with van der Waals surface area (Å²) in [4.78, 5) is 30.6. The highest BCUT2D eigenvalue weighted by Crippen LogP contribution is 2.31. The Morgan fingerprint density at radius 2 is 2.07 bits per heavy atom. The highest BCUT2D eigenvalue weighted by molar-refractivity contribution is 14.0. The van der Waals surface area contributed by atoms with Crippen LogP contribution in [0.3, 0.4) is 0 Å². The maximum atomic E-state index is 12.4. The number of halogens is 1. The normalized spacial score (nSPS) is 21.5. The van der Waals surface area contributed by atoms with Crippen LogP contribution in [-0.4, -0.2) is 55.4 Å². The van der Waals surface area contributed by atoms with E-state index in [1.807, 2.05) is 23.1 Å². The molecule has 2 unspecified atom stereocenters. The zero-order valence-electron chi connectivity index (χ0n) is 17.2. The van der Waals surface area contributed by atoms with Gasteiger partial charge in [0.2, 0.25) is 11.8 Å². The molecule has 1 fully saturated rings. The van der Waals surface area contributed by atoms with E-state index in [4.69, 9.17) is 0 Å². The van der Waals surface area contributed by atoms with Gasteiger partial charge in [-0.1, -0.05) is 18.2 Å². The Morgan fingerprint density at radius 3 is 2.83 bits per heavy atom. The number of likely N-dealkylation sites (tertiary alicyclic amines) is 1. The molecule has 0 saturated carbocycles. The van der Waals surface area contributed by atoms with Gasteiger partial charge in [0.05, 0.1) is 0 Å².